The van der Waals surface area contributed by atoms with E-state index in [1.807, 2.05) is 0 Å². The van der Waals surface area contributed by atoms with Crippen molar-refractivity contribution in [2.45, 2.75) is 63.0 Å². The van der Waals surface area contributed by atoms with Crippen LogP contribution in [0, 0.1) is 5.41 Å². The van der Waals surface area contributed by atoms with Crippen LogP contribution in [0.3, 0.4) is 0 Å². The average Bonchev–Trinajstić information content (AvgIpc) is 3.07. The second-order valence-electron chi connectivity index (χ2n) is 8.03. The van der Waals surface area contributed by atoms with Gasteiger partial charge in [-0.15, -0.1) is 0 Å². The van der Waals surface area contributed by atoms with Crippen LogP contribution < -0.4 is 5.32 Å². The largest absolute Gasteiger partial charge is 0.381 e. The maximum absolute atomic E-state index is 12.8. The lowest BCUT2D eigenvalue weighted by Gasteiger charge is -2.33. The summed E-state index contributed by atoms with van der Waals surface area (Å²) in [5, 5.41) is 3.34. The molecule has 1 aromatic rings. The average molecular weight is 343 g/mol. The molecule has 3 unspecified atom stereocenters. The van der Waals surface area contributed by atoms with E-state index in [1.165, 1.54) is 18.4 Å². The molecule has 4 rings (SSSR count). The van der Waals surface area contributed by atoms with Crippen LogP contribution in [0.15, 0.2) is 30.3 Å². The minimum absolute atomic E-state index is 0.0937. The Bertz CT molecular complexity index is 582. The maximum atomic E-state index is 12.8. The predicted octanol–water partition coefficient (Wildman–Crippen LogP) is 3.41. The number of carbonyl (C=O) groups excluding carboxylic acids is 1. The Balaban J connectivity index is 1.39. The van der Waals surface area contributed by atoms with E-state index in [-0.39, 0.29) is 23.5 Å². The van der Waals surface area contributed by atoms with E-state index < -0.39 is 0 Å². The zero-order chi connectivity index (χ0) is 17.1. The standard InChI is InChI=1S/C21H29NO3/c23-20(19-14-21(15-25-19)10-12-24-13-11-21)22-18-9-5-4-8-17(18)16-6-2-1-3-7-16/h1-3,6-7,17-19H,4-5,8-15H2,(H,22,23). The zero-order valence-corrected chi connectivity index (χ0v) is 14.9. The molecule has 0 bridgehead atoms. The second kappa shape index (κ2) is 7.46. The van der Waals surface area contributed by atoms with Crippen LogP contribution in [0.2, 0.25) is 0 Å². The number of rotatable bonds is 3. The predicted molar refractivity (Wildman–Crippen MR) is 96.4 cm³/mol. The van der Waals surface area contributed by atoms with Crippen molar-refractivity contribution in [3.05, 3.63) is 35.9 Å². The number of ether oxygens (including phenoxy) is 2. The van der Waals surface area contributed by atoms with Crippen molar-refractivity contribution in [2.75, 3.05) is 19.8 Å². The lowest BCUT2D eigenvalue weighted by atomic mass is 9.78. The molecule has 3 aliphatic rings. The first-order chi connectivity index (χ1) is 12.3. The van der Waals surface area contributed by atoms with Gasteiger partial charge in [-0.1, -0.05) is 43.2 Å². The van der Waals surface area contributed by atoms with E-state index >= 15 is 0 Å². The summed E-state index contributed by atoms with van der Waals surface area (Å²) in [5.41, 5.74) is 1.52. The van der Waals surface area contributed by atoms with Crippen LogP contribution in [0.1, 0.15) is 56.4 Å². The van der Waals surface area contributed by atoms with Gasteiger partial charge in [0.1, 0.15) is 6.10 Å². The Morgan fingerprint density at radius 3 is 2.64 bits per heavy atom. The summed E-state index contributed by atoms with van der Waals surface area (Å²) in [5.74, 6) is 0.522. The van der Waals surface area contributed by atoms with Crippen molar-refractivity contribution in [1.29, 1.82) is 0 Å². The van der Waals surface area contributed by atoms with Gasteiger partial charge < -0.3 is 14.8 Å². The molecule has 2 saturated heterocycles. The summed E-state index contributed by atoms with van der Waals surface area (Å²) >= 11 is 0. The number of amides is 1. The van der Waals surface area contributed by atoms with Crippen molar-refractivity contribution in [3.8, 4) is 0 Å². The maximum Gasteiger partial charge on any atom is 0.249 e. The zero-order valence-electron chi connectivity index (χ0n) is 14.9. The molecular formula is C21H29NO3. The number of hydrogen-bond acceptors (Lipinski definition) is 3. The second-order valence-corrected chi connectivity index (χ2v) is 8.03. The van der Waals surface area contributed by atoms with E-state index in [2.05, 4.69) is 35.6 Å². The summed E-state index contributed by atoms with van der Waals surface area (Å²) < 4.78 is 11.4. The SMILES string of the molecule is O=C(NC1CCCCC1c1ccccc1)C1CC2(CCOCC2)CO1. The molecule has 3 atom stereocenters. The van der Waals surface area contributed by atoms with E-state index in [0.29, 0.717) is 12.5 Å². The molecule has 1 spiro atoms. The fourth-order valence-electron chi connectivity index (χ4n) is 4.79. The molecule has 4 heteroatoms. The summed E-state index contributed by atoms with van der Waals surface area (Å²) in [6.07, 6.45) is 7.27. The fourth-order valence-corrected chi connectivity index (χ4v) is 4.79. The Morgan fingerprint density at radius 1 is 1.08 bits per heavy atom. The third-order valence-corrected chi connectivity index (χ3v) is 6.38. The molecule has 136 valence electrons. The van der Waals surface area contributed by atoms with Crippen molar-refractivity contribution < 1.29 is 14.3 Å². The van der Waals surface area contributed by atoms with Crippen LogP contribution in [-0.4, -0.2) is 37.9 Å². The molecule has 3 fully saturated rings. The van der Waals surface area contributed by atoms with E-state index in [0.717, 1.165) is 45.3 Å². The van der Waals surface area contributed by atoms with Gasteiger partial charge in [-0.25, -0.2) is 0 Å². The van der Waals surface area contributed by atoms with Gasteiger partial charge in [0.15, 0.2) is 0 Å². The summed E-state index contributed by atoms with van der Waals surface area (Å²) in [6.45, 7) is 2.31. The van der Waals surface area contributed by atoms with Gasteiger partial charge in [0, 0.05) is 30.6 Å². The molecule has 25 heavy (non-hydrogen) atoms. The van der Waals surface area contributed by atoms with Gasteiger partial charge in [0.2, 0.25) is 5.91 Å². The fraction of sp³-hybridized carbons (Fsp3) is 0.667. The number of hydrogen-bond donors (Lipinski definition) is 1. The highest BCUT2D eigenvalue weighted by Crippen LogP contribution is 2.41. The quantitative estimate of drug-likeness (QED) is 0.915. The van der Waals surface area contributed by atoms with Gasteiger partial charge in [-0.3, -0.25) is 4.79 Å². The van der Waals surface area contributed by atoms with Gasteiger partial charge in [-0.05, 0) is 37.7 Å². The molecule has 1 saturated carbocycles. The lowest BCUT2D eigenvalue weighted by Crippen LogP contribution is -2.45. The Labute approximate surface area is 150 Å². The minimum atomic E-state index is -0.281. The number of benzene rings is 1. The normalized spacial score (nSPS) is 31.8. The van der Waals surface area contributed by atoms with Crippen molar-refractivity contribution >= 4 is 5.91 Å². The molecule has 1 N–H and O–H groups in total. The summed E-state index contributed by atoms with van der Waals surface area (Å²) in [4.78, 5) is 12.8. The van der Waals surface area contributed by atoms with E-state index in [9.17, 15) is 4.79 Å². The Morgan fingerprint density at radius 2 is 1.84 bits per heavy atom. The third kappa shape index (κ3) is 3.75. The monoisotopic (exact) mass is 343 g/mol. The molecule has 0 radical (unpaired) electrons. The highest BCUT2D eigenvalue weighted by atomic mass is 16.5. The smallest absolute Gasteiger partial charge is 0.249 e. The van der Waals surface area contributed by atoms with Crippen LogP contribution in [0.25, 0.3) is 0 Å². The molecule has 2 aliphatic heterocycles. The van der Waals surface area contributed by atoms with Crippen molar-refractivity contribution in [2.24, 2.45) is 5.41 Å². The molecule has 1 aromatic carbocycles. The summed E-state index contributed by atoms with van der Waals surface area (Å²) in [6, 6.07) is 10.9. The van der Waals surface area contributed by atoms with E-state index in [4.69, 9.17) is 9.47 Å². The van der Waals surface area contributed by atoms with E-state index in [1.54, 1.807) is 0 Å². The van der Waals surface area contributed by atoms with Crippen LogP contribution in [0.4, 0.5) is 0 Å². The molecule has 0 aromatic heterocycles. The van der Waals surface area contributed by atoms with Gasteiger partial charge in [-0.2, -0.15) is 0 Å². The van der Waals surface area contributed by atoms with Crippen molar-refractivity contribution in [3.63, 3.8) is 0 Å². The molecule has 1 aliphatic carbocycles. The first-order valence-electron chi connectivity index (χ1n) is 9.80. The lowest BCUT2D eigenvalue weighted by molar-refractivity contribution is -0.131. The first-order valence-corrected chi connectivity index (χ1v) is 9.80. The Kier molecular flexibility index (Phi) is 5.09. The Hall–Kier alpha value is -1.39. The van der Waals surface area contributed by atoms with Crippen molar-refractivity contribution in [1.82, 2.24) is 5.32 Å². The minimum Gasteiger partial charge on any atom is -0.381 e. The van der Waals surface area contributed by atoms with Gasteiger partial charge in [0.05, 0.1) is 6.61 Å². The van der Waals surface area contributed by atoms with Crippen LogP contribution >= 0.6 is 0 Å². The van der Waals surface area contributed by atoms with Gasteiger partial charge in [0.25, 0.3) is 0 Å². The molecule has 2 heterocycles. The third-order valence-electron chi connectivity index (χ3n) is 6.38. The molecular weight excluding hydrogens is 314 g/mol. The number of carbonyl (C=O) groups is 1. The molecule has 4 nitrogen and oxygen atoms in total. The highest BCUT2D eigenvalue weighted by molar-refractivity contribution is 5.81. The van der Waals surface area contributed by atoms with Crippen LogP contribution in [0.5, 0.6) is 0 Å². The van der Waals surface area contributed by atoms with Gasteiger partial charge >= 0.3 is 0 Å². The highest BCUT2D eigenvalue weighted by Gasteiger charge is 2.44. The van der Waals surface area contributed by atoms with Crippen LogP contribution in [-0.2, 0) is 14.3 Å². The summed E-state index contributed by atoms with van der Waals surface area (Å²) in [7, 11) is 0. The first kappa shape index (κ1) is 17.0. The molecule has 1 amide bonds. The topological polar surface area (TPSA) is 47.6 Å². The number of nitrogens with one attached hydrogen (secondary N) is 1.